The van der Waals surface area contributed by atoms with Crippen LogP contribution in [0.2, 0.25) is 0 Å². The van der Waals surface area contributed by atoms with E-state index in [1.807, 2.05) is 13.0 Å². The van der Waals surface area contributed by atoms with Gasteiger partial charge >= 0.3 is 18.1 Å². The lowest BCUT2D eigenvalue weighted by atomic mass is 10.0. The number of alkyl halides is 3. The molecule has 0 spiro atoms. The van der Waals surface area contributed by atoms with E-state index in [0.717, 1.165) is 0 Å². The Kier molecular flexibility index (Phi) is 9.35. The minimum atomic E-state index is -5.24. The lowest BCUT2D eigenvalue weighted by Crippen LogP contribution is -2.43. The molecular weight excluding hydrogens is 393 g/mol. The second-order valence-electron chi connectivity index (χ2n) is 6.79. The maximum atomic E-state index is 12.5. The summed E-state index contributed by atoms with van der Waals surface area (Å²) in [7, 11) is 1.43. The number of amides is 1. The Labute approximate surface area is 167 Å². The van der Waals surface area contributed by atoms with E-state index in [2.05, 4.69) is 10.1 Å². The monoisotopic (exact) mass is 420 g/mol. The standard InChI is InChI=1S/C19H27F3N2O5/c1-5-7-13-8-16(17(26)29-18(27)19(20,21)22)24(9-13)10-14(6-2)15(11-28-4)23-12(3)25/h5,7,11,13-14,16H,6,8-10H2,1-4H3,(H,23,25)/t13?,14-,16?/m1/s1. The van der Waals surface area contributed by atoms with Crippen LogP contribution in [0.25, 0.3) is 0 Å². The zero-order valence-corrected chi connectivity index (χ0v) is 16.9. The van der Waals surface area contributed by atoms with Gasteiger partial charge in [0, 0.05) is 25.9 Å². The number of ether oxygens (including phenoxy) is 2. The highest BCUT2D eigenvalue weighted by molar-refractivity contribution is 5.91. The third-order valence-corrected chi connectivity index (χ3v) is 4.55. The molecule has 0 aliphatic carbocycles. The molecule has 164 valence electrons. The van der Waals surface area contributed by atoms with Gasteiger partial charge in [0.15, 0.2) is 0 Å². The van der Waals surface area contributed by atoms with Crippen molar-refractivity contribution in [2.75, 3.05) is 20.2 Å². The van der Waals surface area contributed by atoms with Crippen molar-refractivity contribution < 1.29 is 37.0 Å². The summed E-state index contributed by atoms with van der Waals surface area (Å²) in [4.78, 5) is 36.5. The molecule has 1 aliphatic heterocycles. The maximum absolute atomic E-state index is 12.5. The van der Waals surface area contributed by atoms with Gasteiger partial charge in [0.25, 0.3) is 0 Å². The average molecular weight is 420 g/mol. The predicted molar refractivity (Wildman–Crippen MR) is 98.1 cm³/mol. The number of likely N-dealkylation sites (tertiary alicyclic amines) is 1. The Morgan fingerprint density at radius 3 is 2.45 bits per heavy atom. The zero-order valence-electron chi connectivity index (χ0n) is 16.9. The molecule has 1 amide bonds. The average Bonchev–Trinajstić information content (AvgIpc) is 3.01. The highest BCUT2D eigenvalue weighted by Crippen LogP contribution is 2.29. The van der Waals surface area contributed by atoms with Crippen LogP contribution in [-0.4, -0.2) is 55.2 Å². The lowest BCUT2D eigenvalue weighted by Gasteiger charge is -2.28. The van der Waals surface area contributed by atoms with Gasteiger partial charge in [0.05, 0.1) is 12.8 Å². The van der Waals surface area contributed by atoms with Crippen molar-refractivity contribution in [1.29, 1.82) is 0 Å². The number of carbonyl (C=O) groups excluding carboxylic acids is 3. The molecule has 1 saturated heterocycles. The highest BCUT2D eigenvalue weighted by Gasteiger charge is 2.45. The number of hydrogen-bond donors (Lipinski definition) is 1. The lowest BCUT2D eigenvalue weighted by molar-refractivity contribution is -0.203. The van der Waals surface area contributed by atoms with E-state index in [-0.39, 0.29) is 30.7 Å². The molecule has 7 nitrogen and oxygen atoms in total. The summed E-state index contributed by atoms with van der Waals surface area (Å²) in [5.41, 5.74) is 0.496. The van der Waals surface area contributed by atoms with Crippen molar-refractivity contribution in [3.05, 3.63) is 24.1 Å². The second kappa shape index (κ2) is 11.0. The molecule has 1 N–H and O–H groups in total. The molecule has 1 aliphatic rings. The first-order valence-electron chi connectivity index (χ1n) is 9.23. The summed E-state index contributed by atoms with van der Waals surface area (Å²) in [6, 6.07) is -1.00. The van der Waals surface area contributed by atoms with Crippen molar-refractivity contribution in [2.24, 2.45) is 11.8 Å². The fraction of sp³-hybridized carbons (Fsp3) is 0.632. The van der Waals surface area contributed by atoms with E-state index in [1.165, 1.54) is 20.3 Å². The van der Waals surface area contributed by atoms with Crippen LogP contribution in [0.3, 0.4) is 0 Å². The topological polar surface area (TPSA) is 84.9 Å². The summed E-state index contributed by atoms with van der Waals surface area (Å²) >= 11 is 0. The van der Waals surface area contributed by atoms with Gasteiger partial charge in [-0.3, -0.25) is 9.69 Å². The number of hydrogen-bond acceptors (Lipinski definition) is 6. The van der Waals surface area contributed by atoms with Crippen molar-refractivity contribution in [1.82, 2.24) is 10.2 Å². The van der Waals surface area contributed by atoms with Crippen LogP contribution in [-0.2, 0) is 23.9 Å². The number of rotatable bonds is 8. The molecule has 0 aromatic heterocycles. The van der Waals surface area contributed by atoms with Gasteiger partial charge in [-0.1, -0.05) is 19.1 Å². The Hall–Kier alpha value is -2.36. The summed E-state index contributed by atoms with van der Waals surface area (Å²) in [5, 5.41) is 2.68. The SMILES string of the molecule is CC=CC1CC(C(=O)OC(=O)C(F)(F)F)N(C[C@@H](CC)C(=COC)NC(C)=O)C1. The fourth-order valence-electron chi connectivity index (χ4n) is 3.30. The number of allylic oxidation sites excluding steroid dienone is 1. The Morgan fingerprint density at radius 1 is 1.31 bits per heavy atom. The number of nitrogens with zero attached hydrogens (tertiary/aromatic N) is 1. The van der Waals surface area contributed by atoms with Gasteiger partial charge in [-0.05, 0) is 25.7 Å². The van der Waals surface area contributed by atoms with E-state index in [0.29, 0.717) is 18.7 Å². The minimum absolute atomic E-state index is 0.0772. The third kappa shape index (κ3) is 7.52. The molecule has 0 aromatic rings. The van der Waals surface area contributed by atoms with E-state index in [1.54, 1.807) is 17.9 Å². The molecule has 10 heteroatoms. The number of halogens is 3. The molecule has 1 rings (SSSR count). The predicted octanol–water partition coefficient (Wildman–Crippen LogP) is 2.54. The van der Waals surface area contributed by atoms with Crippen LogP contribution in [0.4, 0.5) is 13.2 Å². The van der Waals surface area contributed by atoms with Crippen molar-refractivity contribution in [3.63, 3.8) is 0 Å². The van der Waals surface area contributed by atoms with Crippen LogP contribution in [0.1, 0.15) is 33.6 Å². The second-order valence-corrected chi connectivity index (χ2v) is 6.79. The van der Waals surface area contributed by atoms with Crippen LogP contribution in [0.15, 0.2) is 24.1 Å². The normalized spacial score (nSPS) is 21.8. The van der Waals surface area contributed by atoms with Crippen LogP contribution in [0, 0.1) is 11.8 Å². The van der Waals surface area contributed by atoms with E-state index in [9.17, 15) is 27.6 Å². The highest BCUT2D eigenvalue weighted by atomic mass is 19.4. The van der Waals surface area contributed by atoms with Gasteiger partial charge < -0.3 is 14.8 Å². The molecule has 29 heavy (non-hydrogen) atoms. The Bertz CT molecular complexity index is 661. The molecule has 2 unspecified atom stereocenters. The first-order chi connectivity index (χ1) is 13.5. The largest absolute Gasteiger partial charge is 0.503 e. The number of methoxy groups -OCH3 is 1. The molecule has 3 atom stereocenters. The molecular formula is C19H27F3N2O5. The first-order valence-corrected chi connectivity index (χ1v) is 9.23. The quantitative estimate of drug-likeness (QED) is 0.281. The van der Waals surface area contributed by atoms with E-state index >= 15 is 0 Å². The van der Waals surface area contributed by atoms with E-state index < -0.39 is 24.2 Å². The van der Waals surface area contributed by atoms with Gasteiger partial charge in [-0.2, -0.15) is 13.2 Å². The molecule has 1 heterocycles. The number of esters is 2. The van der Waals surface area contributed by atoms with Gasteiger partial charge in [0.2, 0.25) is 5.91 Å². The van der Waals surface area contributed by atoms with Crippen LogP contribution in [0.5, 0.6) is 0 Å². The fourth-order valence-corrected chi connectivity index (χ4v) is 3.30. The molecule has 1 fully saturated rings. The van der Waals surface area contributed by atoms with Gasteiger partial charge in [-0.25, -0.2) is 9.59 Å². The molecule has 0 saturated carbocycles. The Balaban J connectivity index is 3.03. The van der Waals surface area contributed by atoms with E-state index in [4.69, 9.17) is 4.74 Å². The molecule has 0 aromatic carbocycles. The van der Waals surface area contributed by atoms with Crippen molar-refractivity contribution in [3.8, 4) is 0 Å². The van der Waals surface area contributed by atoms with Crippen LogP contribution >= 0.6 is 0 Å². The zero-order chi connectivity index (χ0) is 22.2. The summed E-state index contributed by atoms with van der Waals surface area (Å²) in [6.07, 6.45) is 0.593. The summed E-state index contributed by atoms with van der Waals surface area (Å²) in [6.45, 7) is 5.68. The van der Waals surface area contributed by atoms with Gasteiger partial charge in [0.1, 0.15) is 12.3 Å². The number of carbonyl (C=O) groups is 3. The Morgan fingerprint density at radius 2 is 1.97 bits per heavy atom. The number of nitrogens with one attached hydrogen (secondary N) is 1. The van der Waals surface area contributed by atoms with Crippen molar-refractivity contribution >= 4 is 17.8 Å². The van der Waals surface area contributed by atoms with Crippen molar-refractivity contribution in [2.45, 2.75) is 45.8 Å². The summed E-state index contributed by atoms with van der Waals surface area (Å²) in [5.74, 6) is -4.39. The maximum Gasteiger partial charge on any atom is 0.491 e. The first kappa shape index (κ1) is 24.7. The molecule has 0 bridgehead atoms. The smallest absolute Gasteiger partial charge is 0.491 e. The summed E-state index contributed by atoms with van der Waals surface area (Å²) < 4.78 is 46.4. The van der Waals surface area contributed by atoms with Crippen LogP contribution < -0.4 is 5.32 Å². The third-order valence-electron chi connectivity index (χ3n) is 4.55. The van der Waals surface area contributed by atoms with Gasteiger partial charge in [-0.15, -0.1) is 0 Å². The molecule has 0 radical (unpaired) electrons. The minimum Gasteiger partial charge on any atom is -0.503 e.